The Hall–Kier alpha value is -1.84. The highest BCUT2D eigenvalue weighted by Gasteiger charge is 2.42. The van der Waals surface area contributed by atoms with E-state index in [2.05, 4.69) is 49.7 Å². The molecular formula is C19H27N3O. The summed E-state index contributed by atoms with van der Waals surface area (Å²) >= 11 is 0. The Morgan fingerprint density at radius 1 is 1.30 bits per heavy atom. The summed E-state index contributed by atoms with van der Waals surface area (Å²) in [6, 6.07) is 4.31. The van der Waals surface area contributed by atoms with E-state index >= 15 is 0 Å². The van der Waals surface area contributed by atoms with Crippen LogP contribution in [0.4, 0.5) is 0 Å². The third-order valence-corrected chi connectivity index (χ3v) is 5.22. The van der Waals surface area contributed by atoms with Gasteiger partial charge in [0.1, 0.15) is 11.4 Å². The minimum absolute atomic E-state index is 0.130. The topological polar surface area (TPSA) is 46.9 Å². The molecule has 23 heavy (non-hydrogen) atoms. The van der Waals surface area contributed by atoms with Crippen molar-refractivity contribution in [3.63, 3.8) is 0 Å². The molecule has 2 aromatic rings. The van der Waals surface area contributed by atoms with Crippen LogP contribution in [0, 0.1) is 13.8 Å². The second-order valence-corrected chi connectivity index (χ2v) is 7.03. The van der Waals surface area contributed by atoms with Crippen LogP contribution in [0.5, 0.6) is 0 Å². The van der Waals surface area contributed by atoms with Gasteiger partial charge < -0.3 is 9.88 Å². The van der Waals surface area contributed by atoms with Gasteiger partial charge in [-0.15, -0.1) is 0 Å². The first-order valence-corrected chi connectivity index (χ1v) is 8.74. The number of imidazole rings is 1. The molecule has 1 aromatic carbocycles. The molecule has 0 saturated heterocycles. The molecule has 3 rings (SSSR count). The lowest BCUT2D eigenvalue weighted by molar-refractivity contribution is -0.128. The van der Waals surface area contributed by atoms with E-state index in [0.29, 0.717) is 0 Å². The van der Waals surface area contributed by atoms with E-state index in [1.165, 1.54) is 17.5 Å². The Labute approximate surface area is 138 Å². The molecule has 1 aliphatic heterocycles. The van der Waals surface area contributed by atoms with Crippen molar-refractivity contribution < 1.29 is 4.79 Å². The molecule has 1 N–H and O–H groups in total. The fourth-order valence-corrected chi connectivity index (χ4v) is 3.55. The minimum atomic E-state index is -0.516. The van der Waals surface area contributed by atoms with Gasteiger partial charge in [0.2, 0.25) is 5.91 Å². The monoisotopic (exact) mass is 313 g/mol. The quantitative estimate of drug-likeness (QED) is 0.857. The fraction of sp³-hybridized carbons (Fsp3) is 0.579. The highest BCUT2D eigenvalue weighted by atomic mass is 16.2. The molecule has 0 bridgehead atoms. The molecule has 1 amide bonds. The zero-order valence-corrected chi connectivity index (χ0v) is 14.7. The van der Waals surface area contributed by atoms with Crippen molar-refractivity contribution in [3.05, 3.63) is 29.1 Å². The van der Waals surface area contributed by atoms with Crippen molar-refractivity contribution in [2.45, 2.75) is 65.3 Å². The molecule has 0 saturated carbocycles. The number of rotatable bonds is 5. The molecular weight excluding hydrogens is 286 g/mol. The maximum absolute atomic E-state index is 12.8. The maximum Gasteiger partial charge on any atom is 0.246 e. The van der Waals surface area contributed by atoms with Crippen LogP contribution in [-0.2, 0) is 16.8 Å². The zero-order valence-electron chi connectivity index (χ0n) is 14.7. The number of fused-ring (bicyclic) bond motifs is 3. The number of aryl methyl sites for hydroxylation is 3. The van der Waals surface area contributed by atoms with Gasteiger partial charge in [0, 0.05) is 13.0 Å². The number of hydrogen-bond donors (Lipinski definition) is 1. The van der Waals surface area contributed by atoms with E-state index in [9.17, 15) is 4.79 Å². The molecule has 124 valence electrons. The summed E-state index contributed by atoms with van der Waals surface area (Å²) in [6.07, 6.45) is 5.08. The molecule has 0 fully saturated rings. The lowest BCUT2D eigenvalue weighted by Crippen LogP contribution is -2.45. The molecule has 2 heterocycles. The van der Waals surface area contributed by atoms with E-state index in [1.54, 1.807) is 0 Å². The van der Waals surface area contributed by atoms with Gasteiger partial charge >= 0.3 is 0 Å². The fourth-order valence-electron chi connectivity index (χ4n) is 3.55. The first kappa shape index (κ1) is 16.0. The smallest absolute Gasteiger partial charge is 0.246 e. The number of carbonyl (C=O) groups is 1. The van der Waals surface area contributed by atoms with E-state index in [4.69, 9.17) is 4.98 Å². The Balaban J connectivity index is 1.93. The maximum atomic E-state index is 12.8. The summed E-state index contributed by atoms with van der Waals surface area (Å²) in [7, 11) is 0. The van der Waals surface area contributed by atoms with Crippen molar-refractivity contribution in [3.8, 4) is 0 Å². The number of carbonyl (C=O) groups excluding carboxylic acids is 1. The molecule has 1 atom stereocenters. The van der Waals surface area contributed by atoms with Gasteiger partial charge in [-0.05, 0) is 56.9 Å². The standard InChI is InChI=1S/C19H27N3O/c1-5-6-7-10-20-18(23)19(4)9-8-17-21-15-11-13(2)14(3)12-16(15)22(17)19/h11-12H,5-10H2,1-4H3,(H,20,23). The summed E-state index contributed by atoms with van der Waals surface area (Å²) in [5.74, 6) is 1.17. The lowest BCUT2D eigenvalue weighted by atomic mass is 9.97. The third kappa shape index (κ3) is 2.64. The third-order valence-electron chi connectivity index (χ3n) is 5.22. The Morgan fingerprint density at radius 2 is 2.04 bits per heavy atom. The van der Waals surface area contributed by atoms with E-state index < -0.39 is 5.54 Å². The number of benzene rings is 1. The summed E-state index contributed by atoms with van der Waals surface area (Å²) in [5, 5.41) is 3.13. The molecule has 4 heteroatoms. The van der Waals surface area contributed by atoms with Gasteiger partial charge in [0.15, 0.2) is 0 Å². The summed E-state index contributed by atoms with van der Waals surface area (Å²) < 4.78 is 2.17. The predicted molar refractivity (Wildman–Crippen MR) is 93.7 cm³/mol. The van der Waals surface area contributed by atoms with Crippen LogP contribution in [0.25, 0.3) is 11.0 Å². The second kappa shape index (κ2) is 5.99. The predicted octanol–water partition coefficient (Wildman–Crippen LogP) is 3.62. The van der Waals surface area contributed by atoms with E-state index in [1.807, 2.05) is 0 Å². The van der Waals surface area contributed by atoms with Crippen LogP contribution in [0.3, 0.4) is 0 Å². The van der Waals surface area contributed by atoms with Gasteiger partial charge in [-0.1, -0.05) is 19.8 Å². The van der Waals surface area contributed by atoms with Crippen LogP contribution in [0.2, 0.25) is 0 Å². The van der Waals surface area contributed by atoms with E-state index in [0.717, 1.165) is 49.1 Å². The van der Waals surface area contributed by atoms with Gasteiger partial charge in [-0.25, -0.2) is 4.98 Å². The van der Waals surface area contributed by atoms with Gasteiger partial charge in [-0.2, -0.15) is 0 Å². The highest BCUT2D eigenvalue weighted by Crippen LogP contribution is 2.36. The second-order valence-electron chi connectivity index (χ2n) is 7.03. The molecule has 4 nitrogen and oxygen atoms in total. The number of hydrogen-bond acceptors (Lipinski definition) is 2. The summed E-state index contributed by atoms with van der Waals surface area (Å²) in [6.45, 7) is 9.22. The van der Waals surface area contributed by atoms with Crippen molar-refractivity contribution in [2.24, 2.45) is 0 Å². The first-order valence-electron chi connectivity index (χ1n) is 8.74. The van der Waals surface area contributed by atoms with Crippen molar-refractivity contribution in [2.75, 3.05) is 6.54 Å². The average Bonchev–Trinajstić information content (AvgIpc) is 3.03. The SMILES string of the molecule is CCCCCNC(=O)C1(C)CCc2nc3cc(C)c(C)cc3n21. The van der Waals surface area contributed by atoms with Crippen LogP contribution in [0.15, 0.2) is 12.1 Å². The Morgan fingerprint density at radius 3 is 2.78 bits per heavy atom. The molecule has 1 aromatic heterocycles. The Bertz CT molecular complexity index is 747. The lowest BCUT2D eigenvalue weighted by Gasteiger charge is -2.26. The van der Waals surface area contributed by atoms with Gasteiger partial charge in [0.05, 0.1) is 11.0 Å². The highest BCUT2D eigenvalue weighted by molar-refractivity contribution is 5.88. The zero-order chi connectivity index (χ0) is 16.6. The van der Waals surface area contributed by atoms with Crippen molar-refractivity contribution in [1.82, 2.24) is 14.9 Å². The number of nitrogens with zero attached hydrogens (tertiary/aromatic N) is 2. The number of unbranched alkanes of at least 4 members (excludes halogenated alkanes) is 2. The van der Waals surface area contributed by atoms with E-state index in [-0.39, 0.29) is 5.91 Å². The van der Waals surface area contributed by atoms with Gasteiger partial charge in [0.25, 0.3) is 0 Å². The van der Waals surface area contributed by atoms with Gasteiger partial charge in [-0.3, -0.25) is 4.79 Å². The number of amides is 1. The van der Waals surface area contributed by atoms with Crippen molar-refractivity contribution >= 4 is 16.9 Å². The minimum Gasteiger partial charge on any atom is -0.354 e. The number of nitrogens with one attached hydrogen (secondary N) is 1. The summed E-state index contributed by atoms with van der Waals surface area (Å²) in [5.41, 5.74) is 4.08. The molecule has 1 unspecified atom stereocenters. The average molecular weight is 313 g/mol. The van der Waals surface area contributed by atoms with Crippen LogP contribution >= 0.6 is 0 Å². The molecule has 1 aliphatic rings. The first-order chi connectivity index (χ1) is 11.0. The largest absolute Gasteiger partial charge is 0.354 e. The van der Waals surface area contributed by atoms with Crippen LogP contribution < -0.4 is 5.32 Å². The normalized spacial score (nSPS) is 20.0. The molecule has 0 spiro atoms. The molecule has 0 aliphatic carbocycles. The summed E-state index contributed by atoms with van der Waals surface area (Å²) in [4.78, 5) is 17.6. The molecule has 0 radical (unpaired) electrons. The van der Waals surface area contributed by atoms with Crippen LogP contribution in [0.1, 0.15) is 56.5 Å². The van der Waals surface area contributed by atoms with Crippen LogP contribution in [-0.4, -0.2) is 22.0 Å². The van der Waals surface area contributed by atoms with Crippen molar-refractivity contribution in [1.29, 1.82) is 0 Å². The number of aromatic nitrogens is 2. The Kier molecular flexibility index (Phi) is 4.17.